The lowest BCUT2D eigenvalue weighted by atomic mass is 9.85. The lowest BCUT2D eigenvalue weighted by Crippen LogP contribution is -2.42. The van der Waals surface area contributed by atoms with E-state index in [0.717, 1.165) is 66.5 Å². The maximum Gasteiger partial charge on any atom is 0.268 e. The fourth-order valence-corrected chi connectivity index (χ4v) is 6.34. The van der Waals surface area contributed by atoms with Crippen molar-refractivity contribution in [1.29, 1.82) is 0 Å². The van der Waals surface area contributed by atoms with E-state index in [1.165, 1.54) is 12.8 Å². The predicted octanol–water partition coefficient (Wildman–Crippen LogP) is 6.05. The lowest BCUT2D eigenvalue weighted by Gasteiger charge is -2.28. The average molecular weight is 551 g/mol. The first-order valence-corrected chi connectivity index (χ1v) is 15.3. The molecule has 1 aliphatic carbocycles. The van der Waals surface area contributed by atoms with E-state index in [4.69, 9.17) is 0 Å². The molecular weight excluding hydrogens is 508 g/mol. The minimum atomic E-state index is -0.159. The molecule has 0 radical (unpaired) electrons. The van der Waals surface area contributed by atoms with Gasteiger partial charge < -0.3 is 20.1 Å². The van der Waals surface area contributed by atoms with Crippen molar-refractivity contribution < 1.29 is 14.4 Å². The van der Waals surface area contributed by atoms with Crippen LogP contribution in [0.15, 0.2) is 41.8 Å². The van der Waals surface area contributed by atoms with Crippen molar-refractivity contribution in [2.75, 3.05) is 18.0 Å². The summed E-state index contributed by atoms with van der Waals surface area (Å²) in [6.45, 7) is 7.56. The third-order valence-electron chi connectivity index (χ3n) is 7.74. The third-order valence-corrected chi connectivity index (χ3v) is 8.60. The second kappa shape index (κ2) is 13.8. The predicted molar refractivity (Wildman–Crippen MR) is 159 cm³/mol. The standard InChI is InChI=1S/C31H42N4O3S/c1-4-6-7-8-17-32-30(37)23-12-14-24(15-13-23)33-31(38)27-20-28-26(16-18-39-28)35(27)21-29(36)34(5-2)25-11-9-10-22(3)19-25/h9-11,16,18-20,23-24H,4-8,12-15,17,21H2,1-3H3,(H,32,37)(H,33,38). The molecule has 1 aromatic carbocycles. The van der Waals surface area contributed by atoms with E-state index >= 15 is 0 Å². The zero-order valence-corrected chi connectivity index (χ0v) is 24.3. The van der Waals surface area contributed by atoms with Crippen LogP contribution in [0.1, 0.15) is 81.3 Å². The average Bonchev–Trinajstić information content (AvgIpc) is 3.52. The summed E-state index contributed by atoms with van der Waals surface area (Å²) in [5, 5.41) is 8.28. The van der Waals surface area contributed by atoms with Crippen LogP contribution in [0.2, 0.25) is 0 Å². The van der Waals surface area contributed by atoms with E-state index in [2.05, 4.69) is 17.6 Å². The molecule has 0 aliphatic heterocycles. The number of likely N-dealkylation sites (N-methyl/N-ethyl adjacent to an activating group) is 1. The molecule has 0 unspecified atom stereocenters. The van der Waals surface area contributed by atoms with Gasteiger partial charge in [-0.25, -0.2) is 0 Å². The molecule has 0 saturated heterocycles. The zero-order chi connectivity index (χ0) is 27.8. The second-order valence-electron chi connectivity index (χ2n) is 10.6. The number of nitrogens with one attached hydrogen (secondary N) is 2. The van der Waals surface area contributed by atoms with Gasteiger partial charge in [0.15, 0.2) is 0 Å². The van der Waals surface area contributed by atoms with Crippen LogP contribution in [0.25, 0.3) is 10.2 Å². The minimum Gasteiger partial charge on any atom is -0.356 e. The number of aromatic nitrogens is 1. The normalized spacial score (nSPS) is 17.2. The van der Waals surface area contributed by atoms with Crippen molar-refractivity contribution in [1.82, 2.24) is 15.2 Å². The van der Waals surface area contributed by atoms with Gasteiger partial charge in [-0.2, -0.15) is 0 Å². The van der Waals surface area contributed by atoms with Crippen molar-refractivity contribution in [3.63, 3.8) is 0 Å². The number of aryl methyl sites for hydroxylation is 1. The van der Waals surface area contributed by atoms with E-state index in [0.29, 0.717) is 12.2 Å². The molecule has 4 rings (SSSR count). The molecule has 1 fully saturated rings. The highest BCUT2D eigenvalue weighted by Gasteiger charge is 2.28. The molecule has 3 amide bonds. The van der Waals surface area contributed by atoms with Crippen LogP contribution in [0.3, 0.4) is 0 Å². The topological polar surface area (TPSA) is 83.4 Å². The summed E-state index contributed by atoms with van der Waals surface area (Å²) in [6, 6.07) is 11.8. The van der Waals surface area contributed by atoms with Gasteiger partial charge in [0.05, 0.1) is 10.2 Å². The van der Waals surface area contributed by atoms with E-state index in [-0.39, 0.29) is 36.2 Å². The number of carbonyl (C=O) groups is 3. The number of rotatable bonds is 12. The summed E-state index contributed by atoms with van der Waals surface area (Å²) >= 11 is 1.57. The van der Waals surface area contributed by atoms with Gasteiger partial charge >= 0.3 is 0 Å². The Morgan fingerprint density at radius 1 is 1.03 bits per heavy atom. The van der Waals surface area contributed by atoms with Crippen molar-refractivity contribution in [2.45, 2.75) is 84.7 Å². The highest BCUT2D eigenvalue weighted by atomic mass is 32.1. The highest BCUT2D eigenvalue weighted by molar-refractivity contribution is 7.17. The number of fused-ring (bicyclic) bond motifs is 1. The highest BCUT2D eigenvalue weighted by Crippen LogP contribution is 2.28. The largest absolute Gasteiger partial charge is 0.356 e. The van der Waals surface area contributed by atoms with Crippen LogP contribution in [0, 0.1) is 12.8 Å². The van der Waals surface area contributed by atoms with E-state index in [1.54, 1.807) is 16.2 Å². The summed E-state index contributed by atoms with van der Waals surface area (Å²) in [7, 11) is 0. The maximum absolute atomic E-state index is 13.4. The summed E-state index contributed by atoms with van der Waals surface area (Å²) < 4.78 is 2.84. The molecule has 0 bridgehead atoms. The van der Waals surface area contributed by atoms with Crippen LogP contribution in [-0.4, -0.2) is 41.4 Å². The molecular formula is C31H42N4O3S. The van der Waals surface area contributed by atoms with Gasteiger partial charge in [-0.15, -0.1) is 11.3 Å². The first kappa shape index (κ1) is 28.9. The van der Waals surface area contributed by atoms with Crippen LogP contribution < -0.4 is 15.5 Å². The Morgan fingerprint density at radius 3 is 2.54 bits per heavy atom. The zero-order valence-electron chi connectivity index (χ0n) is 23.5. The van der Waals surface area contributed by atoms with Crippen LogP contribution >= 0.6 is 11.3 Å². The molecule has 2 heterocycles. The van der Waals surface area contributed by atoms with Crippen LogP contribution in [0.5, 0.6) is 0 Å². The van der Waals surface area contributed by atoms with Crippen molar-refractivity contribution in [3.8, 4) is 0 Å². The van der Waals surface area contributed by atoms with Gasteiger partial charge in [0.25, 0.3) is 5.91 Å². The molecule has 0 spiro atoms. The number of amides is 3. The van der Waals surface area contributed by atoms with Gasteiger partial charge in [0.1, 0.15) is 12.2 Å². The number of unbranched alkanes of at least 4 members (excludes halogenated alkanes) is 3. The molecule has 210 valence electrons. The Labute approximate surface area is 236 Å². The molecule has 0 atom stereocenters. The number of thiophene rings is 1. The first-order valence-electron chi connectivity index (χ1n) is 14.4. The monoisotopic (exact) mass is 550 g/mol. The molecule has 3 aromatic rings. The molecule has 1 saturated carbocycles. The molecule has 39 heavy (non-hydrogen) atoms. The molecule has 8 heteroatoms. The summed E-state index contributed by atoms with van der Waals surface area (Å²) in [6.07, 6.45) is 7.71. The first-order chi connectivity index (χ1) is 18.9. The second-order valence-corrected chi connectivity index (χ2v) is 11.6. The van der Waals surface area contributed by atoms with E-state index < -0.39 is 0 Å². The van der Waals surface area contributed by atoms with Crippen LogP contribution in [-0.2, 0) is 16.1 Å². The fraction of sp³-hybridized carbons (Fsp3) is 0.516. The number of benzene rings is 1. The van der Waals surface area contributed by atoms with Gasteiger partial charge in [-0.3, -0.25) is 14.4 Å². The number of anilines is 1. The van der Waals surface area contributed by atoms with E-state index in [9.17, 15) is 14.4 Å². The Hall–Kier alpha value is -3.13. The lowest BCUT2D eigenvalue weighted by molar-refractivity contribution is -0.126. The van der Waals surface area contributed by atoms with Crippen molar-refractivity contribution in [2.24, 2.45) is 5.92 Å². The number of hydrogen-bond acceptors (Lipinski definition) is 4. The number of hydrogen-bond donors (Lipinski definition) is 2. The van der Waals surface area contributed by atoms with Crippen LogP contribution in [0.4, 0.5) is 5.69 Å². The molecule has 2 N–H and O–H groups in total. The van der Waals surface area contributed by atoms with Gasteiger partial charge in [0, 0.05) is 30.7 Å². The Balaban J connectivity index is 1.37. The summed E-state index contributed by atoms with van der Waals surface area (Å²) in [4.78, 5) is 41.2. The minimum absolute atomic E-state index is 0.0257. The third kappa shape index (κ3) is 7.29. The quantitative estimate of drug-likeness (QED) is 0.269. The Bertz CT molecular complexity index is 1270. The molecule has 7 nitrogen and oxygen atoms in total. The van der Waals surface area contributed by atoms with Gasteiger partial charge in [0.2, 0.25) is 11.8 Å². The number of carbonyl (C=O) groups excluding carboxylic acids is 3. The Morgan fingerprint density at radius 2 is 1.82 bits per heavy atom. The summed E-state index contributed by atoms with van der Waals surface area (Å²) in [5.41, 5.74) is 3.37. The van der Waals surface area contributed by atoms with Gasteiger partial charge in [-0.1, -0.05) is 38.3 Å². The smallest absolute Gasteiger partial charge is 0.268 e. The molecule has 2 aromatic heterocycles. The molecule has 1 aliphatic rings. The Kier molecular flexibility index (Phi) is 10.2. The maximum atomic E-state index is 13.4. The van der Waals surface area contributed by atoms with Gasteiger partial charge in [-0.05, 0) is 81.2 Å². The van der Waals surface area contributed by atoms with E-state index in [1.807, 2.05) is 60.2 Å². The van der Waals surface area contributed by atoms with Crippen molar-refractivity contribution >= 4 is 45.0 Å². The summed E-state index contributed by atoms with van der Waals surface area (Å²) in [5.74, 6) is -0.0357. The SMILES string of the molecule is CCCCCCNC(=O)C1CCC(NC(=O)c2cc3sccc3n2CC(=O)N(CC)c2cccc(C)c2)CC1. The number of nitrogens with zero attached hydrogens (tertiary/aromatic N) is 2. The van der Waals surface area contributed by atoms with Crippen molar-refractivity contribution in [3.05, 3.63) is 53.0 Å². The fourth-order valence-electron chi connectivity index (χ4n) is 5.52.